The van der Waals surface area contributed by atoms with Gasteiger partial charge in [-0.3, -0.25) is 4.79 Å². The molecule has 2 aromatic rings. The highest BCUT2D eigenvalue weighted by molar-refractivity contribution is 5.85. The second-order valence-electron chi connectivity index (χ2n) is 7.24. The summed E-state index contributed by atoms with van der Waals surface area (Å²) < 4.78 is 6.02. The molecule has 4 nitrogen and oxygen atoms in total. The Balaban J connectivity index is 0.00000261. The molecule has 0 aliphatic carbocycles. The van der Waals surface area contributed by atoms with Crippen LogP contribution in [-0.2, 0) is 9.53 Å². The molecule has 5 heteroatoms. The van der Waals surface area contributed by atoms with E-state index in [1.165, 1.54) is 11.1 Å². The van der Waals surface area contributed by atoms with E-state index < -0.39 is 6.04 Å². The van der Waals surface area contributed by atoms with Gasteiger partial charge in [0.15, 0.2) is 0 Å². The second-order valence-corrected chi connectivity index (χ2v) is 7.24. The number of aryl methyl sites for hydroxylation is 2. The van der Waals surface area contributed by atoms with Crippen molar-refractivity contribution in [1.82, 2.24) is 5.32 Å². The molecular formula is C22H29ClN2O2. The standard InChI is InChI=1S/C22H28N2O2.ClH/c1-15-5-9-17(10-6-15)20(23)22(25)24-14-19-4-3-13-26-21(19)18-11-7-16(2)8-12-18;/h5-12,19-21H,3-4,13-14,23H2,1-2H3,(H,24,25);1H. The fraction of sp³-hybridized carbons (Fsp3) is 0.409. The van der Waals surface area contributed by atoms with Crippen molar-refractivity contribution in [3.63, 3.8) is 0 Å². The Labute approximate surface area is 167 Å². The van der Waals surface area contributed by atoms with Crippen LogP contribution in [0.4, 0.5) is 0 Å². The van der Waals surface area contributed by atoms with Gasteiger partial charge in [-0.15, -0.1) is 12.4 Å². The van der Waals surface area contributed by atoms with Crippen LogP contribution in [0.25, 0.3) is 0 Å². The van der Waals surface area contributed by atoms with E-state index >= 15 is 0 Å². The smallest absolute Gasteiger partial charge is 0.241 e. The van der Waals surface area contributed by atoms with Gasteiger partial charge in [-0.2, -0.15) is 0 Å². The molecular weight excluding hydrogens is 360 g/mol. The molecule has 27 heavy (non-hydrogen) atoms. The van der Waals surface area contributed by atoms with E-state index in [4.69, 9.17) is 10.5 Å². The summed E-state index contributed by atoms with van der Waals surface area (Å²) in [4.78, 5) is 12.5. The Hall–Kier alpha value is -1.88. The van der Waals surface area contributed by atoms with Crippen LogP contribution in [0, 0.1) is 19.8 Å². The Morgan fingerprint density at radius 3 is 2.33 bits per heavy atom. The molecule has 1 fully saturated rings. The first kappa shape index (κ1) is 21.4. The van der Waals surface area contributed by atoms with Crippen LogP contribution in [-0.4, -0.2) is 19.1 Å². The molecule has 1 amide bonds. The van der Waals surface area contributed by atoms with Gasteiger partial charge in [-0.05, 0) is 37.8 Å². The number of benzene rings is 2. The van der Waals surface area contributed by atoms with E-state index in [1.807, 2.05) is 31.2 Å². The molecule has 1 aliphatic heterocycles. The van der Waals surface area contributed by atoms with Crippen LogP contribution in [0.5, 0.6) is 0 Å². The van der Waals surface area contributed by atoms with Gasteiger partial charge < -0.3 is 15.8 Å². The molecule has 0 radical (unpaired) electrons. The van der Waals surface area contributed by atoms with Crippen molar-refractivity contribution in [2.45, 2.75) is 38.8 Å². The molecule has 0 spiro atoms. The number of ether oxygens (including phenoxy) is 1. The first-order chi connectivity index (χ1) is 12.5. The molecule has 0 aromatic heterocycles. The summed E-state index contributed by atoms with van der Waals surface area (Å²) in [5.74, 6) is 0.128. The van der Waals surface area contributed by atoms with Crippen molar-refractivity contribution in [3.8, 4) is 0 Å². The van der Waals surface area contributed by atoms with Crippen molar-refractivity contribution in [2.75, 3.05) is 13.2 Å². The highest BCUT2D eigenvalue weighted by Gasteiger charge is 2.28. The van der Waals surface area contributed by atoms with E-state index in [2.05, 4.69) is 36.5 Å². The van der Waals surface area contributed by atoms with Gasteiger partial charge >= 0.3 is 0 Å². The monoisotopic (exact) mass is 388 g/mol. The zero-order valence-electron chi connectivity index (χ0n) is 16.0. The van der Waals surface area contributed by atoms with Crippen LogP contribution in [0.15, 0.2) is 48.5 Å². The Bertz CT molecular complexity index is 731. The van der Waals surface area contributed by atoms with Gasteiger partial charge in [0.25, 0.3) is 0 Å². The third-order valence-electron chi connectivity index (χ3n) is 5.11. The summed E-state index contributed by atoms with van der Waals surface area (Å²) in [6.45, 7) is 5.45. The lowest BCUT2D eigenvalue weighted by molar-refractivity contribution is -0.123. The highest BCUT2D eigenvalue weighted by Crippen LogP contribution is 2.33. The predicted octanol–water partition coefficient (Wildman–Crippen LogP) is 4.01. The molecule has 146 valence electrons. The van der Waals surface area contributed by atoms with Crippen molar-refractivity contribution in [2.24, 2.45) is 11.7 Å². The molecule has 0 bridgehead atoms. The number of carbonyl (C=O) groups excluding carboxylic acids is 1. The maximum Gasteiger partial charge on any atom is 0.241 e. The number of rotatable bonds is 5. The Morgan fingerprint density at radius 2 is 1.70 bits per heavy atom. The molecule has 3 N–H and O–H groups in total. The van der Waals surface area contributed by atoms with Gasteiger partial charge in [0.2, 0.25) is 5.91 Å². The molecule has 1 aliphatic rings. The summed E-state index contributed by atoms with van der Waals surface area (Å²) in [7, 11) is 0. The lowest BCUT2D eigenvalue weighted by Crippen LogP contribution is -2.39. The van der Waals surface area contributed by atoms with E-state index in [0.29, 0.717) is 6.54 Å². The van der Waals surface area contributed by atoms with E-state index in [1.54, 1.807) is 0 Å². The fourth-order valence-electron chi connectivity index (χ4n) is 3.44. The lowest BCUT2D eigenvalue weighted by Gasteiger charge is -2.32. The zero-order valence-corrected chi connectivity index (χ0v) is 16.8. The molecule has 1 saturated heterocycles. The van der Waals surface area contributed by atoms with Gasteiger partial charge in [-0.25, -0.2) is 0 Å². The summed E-state index contributed by atoms with van der Waals surface area (Å²) in [5.41, 5.74) is 10.5. The molecule has 3 unspecified atom stereocenters. The summed E-state index contributed by atoms with van der Waals surface area (Å²) in [6.07, 6.45) is 2.09. The maximum atomic E-state index is 12.5. The van der Waals surface area contributed by atoms with E-state index in [0.717, 1.165) is 30.6 Å². The molecule has 1 heterocycles. The SMILES string of the molecule is Cc1ccc(C(N)C(=O)NCC2CCCOC2c2ccc(C)cc2)cc1.Cl. The highest BCUT2D eigenvalue weighted by atomic mass is 35.5. The van der Waals surface area contributed by atoms with Crippen LogP contribution < -0.4 is 11.1 Å². The van der Waals surface area contributed by atoms with Crippen molar-refractivity contribution >= 4 is 18.3 Å². The average molecular weight is 389 g/mol. The number of nitrogens with two attached hydrogens (primary N) is 1. The predicted molar refractivity (Wildman–Crippen MR) is 111 cm³/mol. The minimum atomic E-state index is -0.641. The molecule has 3 rings (SSSR count). The number of nitrogens with one attached hydrogen (secondary N) is 1. The fourth-order valence-corrected chi connectivity index (χ4v) is 3.44. The minimum Gasteiger partial charge on any atom is -0.373 e. The number of hydrogen-bond donors (Lipinski definition) is 2. The van der Waals surface area contributed by atoms with Crippen LogP contribution in [0.2, 0.25) is 0 Å². The van der Waals surface area contributed by atoms with E-state index in [-0.39, 0.29) is 30.3 Å². The average Bonchev–Trinajstić information content (AvgIpc) is 2.67. The van der Waals surface area contributed by atoms with Crippen molar-refractivity contribution in [1.29, 1.82) is 0 Å². The largest absolute Gasteiger partial charge is 0.373 e. The quantitative estimate of drug-likeness (QED) is 0.813. The lowest BCUT2D eigenvalue weighted by atomic mass is 9.89. The number of carbonyl (C=O) groups is 1. The normalized spacial score (nSPS) is 20.4. The van der Waals surface area contributed by atoms with Crippen LogP contribution in [0.1, 0.15) is 47.2 Å². The van der Waals surface area contributed by atoms with Gasteiger partial charge in [0, 0.05) is 19.1 Å². The first-order valence-corrected chi connectivity index (χ1v) is 9.32. The maximum absolute atomic E-state index is 12.5. The van der Waals surface area contributed by atoms with Gasteiger partial charge in [0.05, 0.1) is 6.10 Å². The zero-order chi connectivity index (χ0) is 18.5. The Kier molecular flexibility index (Phi) is 7.84. The van der Waals surface area contributed by atoms with Crippen LogP contribution >= 0.6 is 12.4 Å². The molecule has 3 atom stereocenters. The summed E-state index contributed by atoms with van der Waals surface area (Å²) in [5, 5.41) is 3.03. The molecule has 2 aromatic carbocycles. The van der Waals surface area contributed by atoms with Gasteiger partial charge in [0.1, 0.15) is 6.04 Å². The second kappa shape index (κ2) is 9.88. The Morgan fingerprint density at radius 1 is 1.11 bits per heavy atom. The number of halogens is 1. The van der Waals surface area contributed by atoms with E-state index in [9.17, 15) is 4.79 Å². The summed E-state index contributed by atoms with van der Waals surface area (Å²) in [6, 6.07) is 15.6. The van der Waals surface area contributed by atoms with Crippen LogP contribution in [0.3, 0.4) is 0 Å². The third-order valence-corrected chi connectivity index (χ3v) is 5.11. The number of amides is 1. The van der Waals surface area contributed by atoms with Crippen molar-refractivity contribution in [3.05, 3.63) is 70.8 Å². The van der Waals surface area contributed by atoms with Crippen molar-refractivity contribution < 1.29 is 9.53 Å². The molecule has 0 saturated carbocycles. The minimum absolute atomic E-state index is 0. The first-order valence-electron chi connectivity index (χ1n) is 9.32. The topological polar surface area (TPSA) is 64.4 Å². The number of hydrogen-bond acceptors (Lipinski definition) is 3. The van der Waals surface area contributed by atoms with Gasteiger partial charge in [-0.1, -0.05) is 59.7 Å². The summed E-state index contributed by atoms with van der Waals surface area (Å²) >= 11 is 0. The third kappa shape index (κ3) is 5.55.